The molecule has 140 valence electrons. The van der Waals surface area contributed by atoms with E-state index < -0.39 is 5.63 Å². The number of phenolic OH excluding ortho intramolecular Hbond substituents is 1. The molecule has 1 aromatic heterocycles. The molecule has 0 saturated heterocycles. The van der Waals surface area contributed by atoms with Gasteiger partial charge in [0.05, 0.1) is 0 Å². The number of nitrogens with one attached hydrogen (secondary N) is 1. The lowest BCUT2D eigenvalue weighted by Crippen LogP contribution is -2.06. The molecule has 4 nitrogen and oxygen atoms in total. The van der Waals surface area contributed by atoms with Crippen molar-refractivity contribution in [3.8, 4) is 16.9 Å². The van der Waals surface area contributed by atoms with Crippen molar-refractivity contribution in [2.75, 3.05) is 5.32 Å². The lowest BCUT2D eigenvalue weighted by atomic mass is 10.0. The van der Waals surface area contributed by atoms with Crippen LogP contribution in [0.4, 0.5) is 5.69 Å². The lowest BCUT2D eigenvalue weighted by Gasteiger charge is -2.13. The second-order valence-corrected chi connectivity index (χ2v) is 6.99. The van der Waals surface area contributed by atoms with Gasteiger partial charge >= 0.3 is 5.63 Å². The Balaban J connectivity index is 1.75. The van der Waals surface area contributed by atoms with Gasteiger partial charge in [0.15, 0.2) is 0 Å². The normalized spacial score (nSPS) is 10.9. The summed E-state index contributed by atoms with van der Waals surface area (Å²) in [5, 5.41) is 14.7. The Morgan fingerprint density at radius 3 is 2.50 bits per heavy atom. The molecule has 0 amide bonds. The molecule has 0 unspecified atom stereocenters. The van der Waals surface area contributed by atoms with Gasteiger partial charge < -0.3 is 14.8 Å². The van der Waals surface area contributed by atoms with Crippen LogP contribution in [-0.4, -0.2) is 5.11 Å². The van der Waals surface area contributed by atoms with Crippen molar-refractivity contribution in [1.29, 1.82) is 0 Å². The first kappa shape index (κ1) is 17.9. The van der Waals surface area contributed by atoms with Gasteiger partial charge in [0.2, 0.25) is 0 Å². The molecule has 0 saturated carbocycles. The fraction of sp³-hybridized carbons (Fsp3) is 0.125. The summed E-state index contributed by atoms with van der Waals surface area (Å²) in [6.45, 7) is 4.56. The molecule has 0 spiro atoms. The summed E-state index contributed by atoms with van der Waals surface area (Å²) in [4.78, 5) is 12.1. The quantitative estimate of drug-likeness (QED) is 0.472. The zero-order chi connectivity index (χ0) is 19.7. The van der Waals surface area contributed by atoms with Crippen LogP contribution in [0.2, 0.25) is 0 Å². The summed E-state index contributed by atoms with van der Waals surface area (Å²) in [6, 6.07) is 20.6. The molecule has 0 bridgehead atoms. The SMILES string of the molecule is Cc1ccc(NCc2cc(=O)oc3cc(-c4ccccc4)c(O)cc23)c(C)c1. The second kappa shape index (κ2) is 7.24. The number of hydrogen-bond acceptors (Lipinski definition) is 4. The van der Waals surface area contributed by atoms with E-state index in [0.29, 0.717) is 23.1 Å². The van der Waals surface area contributed by atoms with Gasteiger partial charge in [0, 0.05) is 29.2 Å². The lowest BCUT2D eigenvalue weighted by molar-refractivity contribution is 0.477. The van der Waals surface area contributed by atoms with Crippen molar-refractivity contribution in [1.82, 2.24) is 0 Å². The molecule has 3 aromatic carbocycles. The molecule has 4 aromatic rings. The fourth-order valence-electron chi connectivity index (χ4n) is 3.46. The number of benzene rings is 3. The Hall–Kier alpha value is -3.53. The predicted molar refractivity (Wildman–Crippen MR) is 113 cm³/mol. The maximum atomic E-state index is 12.1. The summed E-state index contributed by atoms with van der Waals surface area (Å²) >= 11 is 0. The molecule has 0 fully saturated rings. The van der Waals surface area contributed by atoms with Crippen molar-refractivity contribution in [2.24, 2.45) is 0 Å². The van der Waals surface area contributed by atoms with Crippen LogP contribution < -0.4 is 10.9 Å². The first-order chi connectivity index (χ1) is 13.5. The number of anilines is 1. The summed E-state index contributed by atoms with van der Waals surface area (Å²) in [5.41, 5.74) is 5.68. The standard InChI is InChI=1S/C24H21NO3/c1-15-8-9-21(16(2)10-15)25-14-18-11-24(27)28-23-13-19(22(26)12-20(18)23)17-6-4-3-5-7-17/h3-13,25-26H,14H2,1-2H3. The summed E-state index contributed by atoms with van der Waals surface area (Å²) in [7, 11) is 0. The Morgan fingerprint density at radius 1 is 0.964 bits per heavy atom. The van der Waals surface area contributed by atoms with E-state index in [1.165, 1.54) is 11.6 Å². The predicted octanol–water partition coefficient (Wildman–Crippen LogP) is 5.39. The largest absolute Gasteiger partial charge is 0.507 e. The highest BCUT2D eigenvalue weighted by Gasteiger charge is 2.12. The van der Waals surface area contributed by atoms with Crippen LogP contribution in [-0.2, 0) is 6.54 Å². The van der Waals surface area contributed by atoms with Crippen LogP contribution in [0.5, 0.6) is 5.75 Å². The molecule has 0 atom stereocenters. The Bertz CT molecular complexity index is 1210. The van der Waals surface area contributed by atoms with E-state index in [9.17, 15) is 9.90 Å². The van der Waals surface area contributed by atoms with Crippen molar-refractivity contribution < 1.29 is 9.52 Å². The average Bonchev–Trinajstić information content (AvgIpc) is 2.68. The molecular weight excluding hydrogens is 350 g/mol. The number of rotatable bonds is 4. The maximum absolute atomic E-state index is 12.1. The van der Waals surface area contributed by atoms with Gasteiger partial charge in [0.25, 0.3) is 0 Å². The third kappa shape index (κ3) is 3.49. The maximum Gasteiger partial charge on any atom is 0.336 e. The van der Waals surface area contributed by atoms with Crippen LogP contribution in [0.3, 0.4) is 0 Å². The first-order valence-corrected chi connectivity index (χ1v) is 9.17. The molecule has 2 N–H and O–H groups in total. The van der Waals surface area contributed by atoms with Gasteiger partial charge in [0.1, 0.15) is 11.3 Å². The summed E-state index contributed by atoms with van der Waals surface area (Å²) < 4.78 is 5.42. The highest BCUT2D eigenvalue weighted by Crippen LogP contribution is 2.34. The zero-order valence-corrected chi connectivity index (χ0v) is 15.8. The Kier molecular flexibility index (Phi) is 4.62. The molecule has 4 rings (SSSR count). The third-order valence-corrected chi connectivity index (χ3v) is 4.88. The number of aromatic hydroxyl groups is 1. The van der Waals surface area contributed by atoms with E-state index >= 15 is 0 Å². The van der Waals surface area contributed by atoms with Gasteiger partial charge in [-0.3, -0.25) is 0 Å². The van der Waals surface area contributed by atoms with E-state index in [1.807, 2.05) is 49.4 Å². The second-order valence-electron chi connectivity index (χ2n) is 6.99. The van der Waals surface area contributed by atoms with Gasteiger partial charge in [-0.05, 0) is 48.7 Å². The zero-order valence-electron chi connectivity index (χ0n) is 15.8. The minimum Gasteiger partial charge on any atom is -0.507 e. The minimum absolute atomic E-state index is 0.153. The van der Waals surface area contributed by atoms with Crippen LogP contribution in [0.25, 0.3) is 22.1 Å². The Morgan fingerprint density at radius 2 is 1.75 bits per heavy atom. The van der Waals surface area contributed by atoms with E-state index in [1.54, 1.807) is 12.1 Å². The first-order valence-electron chi connectivity index (χ1n) is 9.17. The van der Waals surface area contributed by atoms with Crippen molar-refractivity contribution in [2.45, 2.75) is 20.4 Å². The van der Waals surface area contributed by atoms with E-state index in [0.717, 1.165) is 22.4 Å². The van der Waals surface area contributed by atoms with Crippen LogP contribution >= 0.6 is 0 Å². The average molecular weight is 371 g/mol. The highest BCUT2D eigenvalue weighted by atomic mass is 16.4. The number of phenols is 1. The van der Waals surface area contributed by atoms with Gasteiger partial charge in [-0.1, -0.05) is 48.0 Å². The Labute approximate surface area is 163 Å². The molecule has 0 aliphatic heterocycles. The molecular formula is C24H21NO3. The van der Waals surface area contributed by atoms with Gasteiger partial charge in [-0.2, -0.15) is 0 Å². The van der Waals surface area contributed by atoms with Crippen molar-refractivity contribution >= 4 is 16.7 Å². The van der Waals surface area contributed by atoms with Gasteiger partial charge in [-0.15, -0.1) is 0 Å². The topological polar surface area (TPSA) is 62.5 Å². The fourth-order valence-corrected chi connectivity index (χ4v) is 3.46. The number of fused-ring (bicyclic) bond motifs is 1. The summed E-state index contributed by atoms with van der Waals surface area (Å²) in [5.74, 6) is 0.153. The molecule has 0 aliphatic carbocycles. The molecule has 0 aliphatic rings. The molecule has 28 heavy (non-hydrogen) atoms. The molecule has 0 radical (unpaired) electrons. The van der Waals surface area contributed by atoms with Gasteiger partial charge in [-0.25, -0.2) is 4.79 Å². The smallest absolute Gasteiger partial charge is 0.336 e. The number of hydrogen-bond donors (Lipinski definition) is 2. The number of aryl methyl sites for hydroxylation is 2. The van der Waals surface area contributed by atoms with Crippen LogP contribution in [0.15, 0.2) is 75.9 Å². The van der Waals surface area contributed by atoms with E-state index in [2.05, 4.69) is 18.3 Å². The monoisotopic (exact) mass is 371 g/mol. The molecule has 1 heterocycles. The van der Waals surface area contributed by atoms with Crippen LogP contribution in [0.1, 0.15) is 16.7 Å². The highest BCUT2D eigenvalue weighted by molar-refractivity contribution is 5.89. The summed E-state index contributed by atoms with van der Waals surface area (Å²) in [6.07, 6.45) is 0. The van der Waals surface area contributed by atoms with Crippen LogP contribution in [0, 0.1) is 13.8 Å². The van der Waals surface area contributed by atoms with E-state index in [4.69, 9.17) is 4.42 Å². The van der Waals surface area contributed by atoms with Crippen molar-refractivity contribution in [3.63, 3.8) is 0 Å². The minimum atomic E-state index is -0.408. The molecule has 4 heteroatoms. The van der Waals surface area contributed by atoms with Crippen molar-refractivity contribution in [3.05, 3.63) is 93.8 Å². The third-order valence-electron chi connectivity index (χ3n) is 4.88. The van der Waals surface area contributed by atoms with E-state index in [-0.39, 0.29) is 5.75 Å².